The molecule has 1 amide bonds. The first-order chi connectivity index (χ1) is 12.0. The van der Waals surface area contributed by atoms with E-state index in [1.165, 1.54) is 0 Å². The van der Waals surface area contributed by atoms with Crippen LogP contribution in [0.3, 0.4) is 0 Å². The highest BCUT2D eigenvalue weighted by Crippen LogP contribution is 2.60. The molecule has 2 aromatic rings. The Balaban J connectivity index is 1.34. The predicted molar refractivity (Wildman–Crippen MR) is 90.9 cm³/mol. The number of amides is 1. The monoisotopic (exact) mass is 358 g/mol. The summed E-state index contributed by atoms with van der Waals surface area (Å²) in [7, 11) is -3.78. The summed E-state index contributed by atoms with van der Waals surface area (Å²) in [6, 6.07) is 9.11. The molecule has 3 heterocycles. The van der Waals surface area contributed by atoms with Crippen molar-refractivity contribution in [3.8, 4) is 0 Å². The van der Waals surface area contributed by atoms with E-state index in [4.69, 9.17) is 4.74 Å². The van der Waals surface area contributed by atoms with Crippen molar-refractivity contribution >= 4 is 26.8 Å². The van der Waals surface area contributed by atoms with Crippen LogP contribution >= 0.6 is 0 Å². The normalized spacial score (nSPS) is 32.6. The molecule has 2 saturated heterocycles. The van der Waals surface area contributed by atoms with Crippen LogP contribution in [0.15, 0.2) is 36.5 Å². The van der Waals surface area contributed by atoms with Gasteiger partial charge in [0.1, 0.15) is 0 Å². The first kappa shape index (κ1) is 15.3. The van der Waals surface area contributed by atoms with Crippen molar-refractivity contribution in [2.24, 2.45) is 17.8 Å². The average Bonchev–Trinajstić information content (AvgIpc) is 3.18. The molecule has 1 N–H and O–H groups in total. The van der Waals surface area contributed by atoms with Gasteiger partial charge in [0.2, 0.25) is 15.9 Å². The third kappa shape index (κ3) is 2.53. The molecule has 5 rings (SSSR count). The molecule has 7 heteroatoms. The van der Waals surface area contributed by atoms with Gasteiger partial charge in [-0.1, -0.05) is 24.3 Å². The van der Waals surface area contributed by atoms with E-state index in [2.05, 4.69) is 9.71 Å². The number of fused-ring (bicyclic) bond motifs is 6. The molecular weight excluding hydrogens is 340 g/mol. The number of carbonyl (C=O) groups excluding carboxylic acids is 1. The van der Waals surface area contributed by atoms with Crippen molar-refractivity contribution < 1.29 is 17.9 Å². The highest BCUT2D eigenvalue weighted by Gasteiger charge is 2.64. The molecule has 3 fully saturated rings. The molecule has 1 aliphatic carbocycles. The van der Waals surface area contributed by atoms with Crippen LogP contribution in [0, 0.1) is 17.8 Å². The van der Waals surface area contributed by atoms with Crippen LogP contribution < -0.4 is 4.72 Å². The van der Waals surface area contributed by atoms with Crippen LogP contribution in [0.4, 0.5) is 0 Å². The number of aromatic nitrogens is 1. The molecule has 0 radical (unpaired) electrons. The molecule has 1 aromatic carbocycles. The van der Waals surface area contributed by atoms with E-state index in [0.717, 1.165) is 11.8 Å². The molecule has 5 atom stereocenters. The van der Waals surface area contributed by atoms with Gasteiger partial charge in [0.15, 0.2) is 0 Å². The lowest BCUT2D eigenvalue weighted by Crippen LogP contribution is -2.40. The molecule has 0 unspecified atom stereocenters. The fourth-order valence-electron chi connectivity index (χ4n) is 4.46. The second kappa shape index (κ2) is 5.25. The van der Waals surface area contributed by atoms with Crippen molar-refractivity contribution in [1.82, 2.24) is 9.71 Å². The quantitative estimate of drug-likeness (QED) is 0.897. The van der Waals surface area contributed by atoms with E-state index < -0.39 is 15.9 Å². The predicted octanol–water partition coefficient (Wildman–Crippen LogP) is 1.60. The Morgan fingerprint density at radius 3 is 2.84 bits per heavy atom. The van der Waals surface area contributed by atoms with Gasteiger partial charge in [-0.3, -0.25) is 14.5 Å². The Kier molecular flexibility index (Phi) is 3.21. The summed E-state index contributed by atoms with van der Waals surface area (Å²) in [6.45, 7) is 0. The van der Waals surface area contributed by atoms with Crippen molar-refractivity contribution in [2.45, 2.75) is 30.8 Å². The highest BCUT2D eigenvalue weighted by molar-refractivity contribution is 7.89. The Bertz CT molecular complexity index is 969. The molecule has 2 bridgehead atoms. The van der Waals surface area contributed by atoms with Crippen molar-refractivity contribution in [2.75, 3.05) is 0 Å². The largest absolute Gasteiger partial charge is 0.374 e. The SMILES string of the molecule is O=C(NS(=O)(=O)Cc1cccc2cccnc12)[C@@H]1C[C@@H]2O[C@H]1[C@H]1C[C@H]12. The number of nitrogens with one attached hydrogen (secondary N) is 1. The maximum Gasteiger partial charge on any atom is 0.239 e. The topological polar surface area (TPSA) is 85.4 Å². The maximum absolute atomic E-state index is 12.5. The van der Waals surface area contributed by atoms with Gasteiger partial charge in [-0.2, -0.15) is 0 Å². The minimum Gasteiger partial charge on any atom is -0.374 e. The number of carbonyl (C=O) groups is 1. The van der Waals surface area contributed by atoms with Crippen LogP contribution in [0.25, 0.3) is 10.9 Å². The molecule has 1 aromatic heterocycles. The zero-order valence-corrected chi connectivity index (χ0v) is 14.3. The minimum absolute atomic E-state index is 0.0931. The second-order valence-corrected chi connectivity index (χ2v) is 8.98. The van der Waals surface area contributed by atoms with Crippen LogP contribution in [-0.4, -0.2) is 31.5 Å². The number of ether oxygens (including phenoxy) is 1. The van der Waals surface area contributed by atoms with Gasteiger partial charge in [-0.05, 0) is 36.3 Å². The van der Waals surface area contributed by atoms with Crippen molar-refractivity contribution in [1.29, 1.82) is 0 Å². The molecule has 3 aliphatic rings. The first-order valence-corrected chi connectivity index (χ1v) is 10.2. The molecule has 1 saturated carbocycles. The van der Waals surface area contributed by atoms with Crippen molar-refractivity contribution in [3.05, 3.63) is 42.1 Å². The molecule has 0 spiro atoms. The van der Waals surface area contributed by atoms with Crippen LogP contribution in [0.2, 0.25) is 0 Å². The van der Waals surface area contributed by atoms with E-state index in [1.807, 2.05) is 18.2 Å². The molecular formula is C18H18N2O4S. The smallest absolute Gasteiger partial charge is 0.239 e. The summed E-state index contributed by atoms with van der Waals surface area (Å²) in [6.07, 6.45) is 3.45. The number of hydrogen-bond donors (Lipinski definition) is 1. The van der Waals surface area contributed by atoms with Crippen molar-refractivity contribution in [3.63, 3.8) is 0 Å². The standard InChI is InChI=1S/C18H18N2O4S/c21-18(14-8-15-12-7-13(12)17(14)24-15)20-25(22,23)9-11-4-1-3-10-5-2-6-19-16(10)11/h1-6,12-15,17H,7-9H2,(H,20,21)/t12-,13+,14-,15+,17+/m1/s1. The fraction of sp³-hybridized carbons (Fsp3) is 0.444. The summed E-state index contributed by atoms with van der Waals surface area (Å²) in [5.41, 5.74) is 1.23. The minimum atomic E-state index is -3.78. The summed E-state index contributed by atoms with van der Waals surface area (Å²) < 4.78 is 33.1. The zero-order chi connectivity index (χ0) is 17.2. The van der Waals surface area contributed by atoms with E-state index >= 15 is 0 Å². The Hall–Kier alpha value is -1.99. The van der Waals surface area contributed by atoms with E-state index in [1.54, 1.807) is 18.3 Å². The van der Waals surface area contributed by atoms with Crippen LogP contribution in [0.1, 0.15) is 18.4 Å². The lowest BCUT2D eigenvalue weighted by molar-refractivity contribution is -0.125. The van der Waals surface area contributed by atoms with E-state index in [9.17, 15) is 13.2 Å². The number of pyridine rings is 1. The maximum atomic E-state index is 12.5. The first-order valence-electron chi connectivity index (χ1n) is 8.54. The molecule has 130 valence electrons. The van der Waals surface area contributed by atoms with E-state index in [-0.39, 0.29) is 23.9 Å². The lowest BCUT2D eigenvalue weighted by Gasteiger charge is -2.18. The second-order valence-electron chi connectivity index (χ2n) is 7.26. The van der Waals surface area contributed by atoms with Gasteiger partial charge in [0.05, 0.1) is 29.4 Å². The average molecular weight is 358 g/mol. The number of hydrogen-bond acceptors (Lipinski definition) is 5. The van der Waals surface area contributed by atoms with Gasteiger partial charge in [0.25, 0.3) is 0 Å². The van der Waals surface area contributed by atoms with Gasteiger partial charge >= 0.3 is 0 Å². The zero-order valence-electron chi connectivity index (χ0n) is 13.5. The Labute approximate surface area is 145 Å². The number of para-hydroxylation sites is 1. The van der Waals surface area contributed by atoms with E-state index in [0.29, 0.717) is 29.3 Å². The number of sulfonamides is 1. The van der Waals surface area contributed by atoms with Gasteiger partial charge < -0.3 is 4.74 Å². The summed E-state index contributed by atoms with van der Waals surface area (Å²) >= 11 is 0. The third-order valence-corrected chi connectivity index (χ3v) is 6.86. The third-order valence-electron chi connectivity index (χ3n) is 5.66. The van der Waals surface area contributed by atoms with Crippen LogP contribution in [-0.2, 0) is 25.3 Å². The van der Waals surface area contributed by atoms with Gasteiger partial charge in [-0.25, -0.2) is 8.42 Å². The number of rotatable bonds is 4. The molecule has 2 aliphatic heterocycles. The molecule has 6 nitrogen and oxygen atoms in total. The number of benzene rings is 1. The fourth-order valence-corrected chi connectivity index (χ4v) is 5.63. The summed E-state index contributed by atoms with van der Waals surface area (Å²) in [5, 5.41) is 0.878. The summed E-state index contributed by atoms with van der Waals surface area (Å²) in [5.74, 6) is 0.0352. The Morgan fingerprint density at radius 1 is 1.20 bits per heavy atom. The van der Waals surface area contributed by atoms with Crippen LogP contribution in [0.5, 0.6) is 0 Å². The van der Waals surface area contributed by atoms with Gasteiger partial charge in [-0.15, -0.1) is 0 Å². The van der Waals surface area contributed by atoms with Gasteiger partial charge in [0, 0.05) is 11.6 Å². The number of nitrogens with zero attached hydrogens (tertiary/aromatic N) is 1. The molecule has 25 heavy (non-hydrogen) atoms. The summed E-state index contributed by atoms with van der Waals surface area (Å²) in [4.78, 5) is 16.8. The lowest BCUT2D eigenvalue weighted by atomic mass is 9.89. The Morgan fingerprint density at radius 2 is 2.04 bits per heavy atom. The highest BCUT2D eigenvalue weighted by atomic mass is 32.2.